The number of alkyl halides is 1. The third kappa shape index (κ3) is 27.1. The molecule has 3 N–H and O–H groups in total. The van der Waals surface area contributed by atoms with Crippen LogP contribution in [0.3, 0.4) is 0 Å². The molecule has 13 nitrogen and oxygen atoms in total. The van der Waals surface area contributed by atoms with E-state index in [4.69, 9.17) is 47.7 Å². The number of terminal acetylenes is 1. The number of hydrogen-bond acceptors (Lipinski definition) is 12. The van der Waals surface area contributed by atoms with Gasteiger partial charge in [0, 0.05) is 36.4 Å². The van der Waals surface area contributed by atoms with Crippen LogP contribution in [0.15, 0.2) is 94.0 Å². The minimum absolute atomic E-state index is 0. The Bertz CT molecular complexity index is 1940. The zero-order valence-electron chi connectivity index (χ0n) is 35.3. The van der Waals surface area contributed by atoms with Crippen molar-refractivity contribution in [1.29, 1.82) is 10.5 Å². The second-order valence-corrected chi connectivity index (χ2v) is 10.2. The summed E-state index contributed by atoms with van der Waals surface area (Å²) < 4.78 is 31.2. The van der Waals surface area contributed by atoms with Gasteiger partial charge in [-0.1, -0.05) is 18.1 Å². The topological polar surface area (TPSA) is 213 Å². The second-order valence-electron chi connectivity index (χ2n) is 10.2. The summed E-state index contributed by atoms with van der Waals surface area (Å²) in [5.41, 5.74) is 10.1. The molecule has 1 fully saturated rings. The molecule has 18 heteroatoms. The Balaban J connectivity index is -0.000000153. The molecule has 2 aromatic heterocycles. The van der Waals surface area contributed by atoms with Crippen molar-refractivity contribution in [3.05, 3.63) is 119 Å². The number of carbonyl (C=O) groups is 2. The first-order valence-corrected chi connectivity index (χ1v) is 15.7. The molecule has 1 aliphatic heterocycles. The van der Waals surface area contributed by atoms with Crippen LogP contribution in [0.4, 0.5) is 4.39 Å². The van der Waals surface area contributed by atoms with E-state index in [1.807, 2.05) is 56.3 Å². The Morgan fingerprint density at radius 3 is 1.65 bits per heavy atom. The van der Waals surface area contributed by atoms with Gasteiger partial charge in [0.25, 0.3) is 12.4 Å². The molecule has 0 radical (unpaired) electrons. The summed E-state index contributed by atoms with van der Waals surface area (Å²) in [5.74, 6) is 4.93. The third-order valence-electron chi connectivity index (χ3n) is 6.43. The van der Waals surface area contributed by atoms with E-state index in [9.17, 15) is 9.18 Å². The zero-order valence-corrected chi connectivity index (χ0v) is 44.8. The molecular formula is C39H45AlCs2FLiN6O7. The molecule has 1 saturated heterocycles. The van der Waals surface area contributed by atoms with E-state index in [1.165, 1.54) is 12.8 Å². The van der Waals surface area contributed by atoms with Gasteiger partial charge in [-0.3, -0.25) is 14.0 Å². The fourth-order valence-corrected chi connectivity index (χ4v) is 3.89. The number of amides is 1. The van der Waals surface area contributed by atoms with Crippen LogP contribution in [0.25, 0.3) is 22.9 Å². The van der Waals surface area contributed by atoms with Gasteiger partial charge in [0.05, 0.1) is 50.7 Å². The van der Waals surface area contributed by atoms with Crippen molar-refractivity contribution in [3.63, 3.8) is 0 Å². The maximum atomic E-state index is 11.3. The second kappa shape index (κ2) is 40.0. The average molecular weight is 1030 g/mol. The van der Waals surface area contributed by atoms with Gasteiger partial charge < -0.3 is 37.6 Å². The van der Waals surface area contributed by atoms with Crippen LogP contribution in [-0.2, 0) is 21.0 Å². The van der Waals surface area contributed by atoms with Crippen molar-refractivity contribution >= 4 is 29.7 Å². The van der Waals surface area contributed by atoms with Gasteiger partial charge in [0.1, 0.15) is 11.5 Å². The molecule has 0 spiro atoms. The largest absolute Gasteiger partial charge is 1.00 e. The minimum atomic E-state index is -1.00. The molecule has 57 heavy (non-hydrogen) atoms. The van der Waals surface area contributed by atoms with E-state index in [2.05, 4.69) is 32.2 Å². The van der Waals surface area contributed by atoms with Crippen LogP contribution in [0, 0.1) is 48.9 Å². The normalized spacial score (nSPS) is 9.82. The Morgan fingerprint density at radius 2 is 1.35 bits per heavy atom. The summed E-state index contributed by atoms with van der Waals surface area (Å²) in [6, 6.07) is 25.4. The minimum Gasteiger partial charge on any atom is -1.00 e. The van der Waals surface area contributed by atoms with Crippen molar-refractivity contribution in [2.24, 2.45) is 5.73 Å². The van der Waals surface area contributed by atoms with Crippen LogP contribution in [0.2, 0.25) is 0 Å². The molecular weight excluding hydrogens is 983 g/mol. The monoisotopic (exact) mass is 1030 g/mol. The zero-order chi connectivity index (χ0) is 40.0. The van der Waals surface area contributed by atoms with Crippen molar-refractivity contribution in [1.82, 2.24) is 15.3 Å². The van der Waals surface area contributed by atoms with Crippen LogP contribution in [0.5, 0.6) is 0 Å². The molecule has 1 amide bonds. The van der Waals surface area contributed by atoms with Gasteiger partial charge in [-0.15, -0.1) is 6.42 Å². The van der Waals surface area contributed by atoms with E-state index in [-0.39, 0.29) is 196 Å². The van der Waals surface area contributed by atoms with Gasteiger partial charge in [-0.2, -0.15) is 10.5 Å². The van der Waals surface area contributed by atoms with Gasteiger partial charge in [-0.25, -0.2) is 9.97 Å². The predicted octanol–water partition coefficient (Wildman–Crippen LogP) is -4.58. The summed E-state index contributed by atoms with van der Waals surface area (Å²) in [5, 5.41) is 28.1. The number of benzene rings is 3. The van der Waals surface area contributed by atoms with E-state index in [0.29, 0.717) is 35.0 Å². The molecule has 0 atom stereocenters. The van der Waals surface area contributed by atoms with Crippen LogP contribution in [0.1, 0.15) is 55.6 Å². The van der Waals surface area contributed by atoms with E-state index < -0.39 is 7.15 Å². The average Bonchev–Trinajstić information content (AvgIpc) is 4.03. The van der Waals surface area contributed by atoms with E-state index in [1.54, 1.807) is 48.8 Å². The van der Waals surface area contributed by atoms with Crippen LogP contribution < -0.4 is 173 Å². The van der Waals surface area contributed by atoms with Gasteiger partial charge in [-0.05, 0) is 92.9 Å². The SMILES string of the molecule is C#CCNC(=O)c1ccc(C#N)cc1.C1CCOC1.Cc1cnc(-c2ccc(C#N)cc2)o1.Cc1cnc(-c2ccc(CN)cc2)o1.O=CO[O-].[2H]CF.[AlH3].[Cs+].[Cs+].[H-].[H-].[Li+]. The molecule has 6 rings (SSSR count). The predicted molar refractivity (Wildman–Crippen MR) is 205 cm³/mol. The van der Waals surface area contributed by atoms with E-state index in [0.717, 1.165) is 41.4 Å². The molecule has 286 valence electrons. The Labute approximate surface area is 477 Å². The van der Waals surface area contributed by atoms with E-state index >= 15 is 0 Å². The maximum absolute atomic E-state index is 11.3. The smallest absolute Gasteiger partial charge is 1.00 e. The number of carbonyl (C=O) groups excluding carboxylic acids is 2. The molecule has 3 heterocycles. The number of halogens is 1. The van der Waals surface area contributed by atoms with Crippen molar-refractivity contribution in [2.75, 3.05) is 26.9 Å². The number of nitrogens with two attached hydrogens (primary N) is 1. The fourth-order valence-electron chi connectivity index (χ4n) is 3.89. The summed E-state index contributed by atoms with van der Waals surface area (Å²) in [4.78, 5) is 30.8. The summed E-state index contributed by atoms with van der Waals surface area (Å²) >= 11 is 0. The number of aryl methyl sites for hydroxylation is 2. The number of ether oxygens (including phenoxy) is 1. The van der Waals surface area contributed by atoms with Gasteiger partial charge >= 0.3 is 157 Å². The van der Waals surface area contributed by atoms with Crippen molar-refractivity contribution < 1.29 is 199 Å². The van der Waals surface area contributed by atoms with Crippen molar-refractivity contribution in [2.45, 2.75) is 33.2 Å². The molecule has 0 bridgehead atoms. The first-order chi connectivity index (χ1) is 26.2. The summed E-state index contributed by atoms with van der Waals surface area (Å²) in [6.07, 6.45) is 10.9. The molecule has 5 aromatic rings. The standard InChI is InChI=1S/C11H12N2O.2C11H8N2O.C4H8O.CH3F.CH2O3.Al.2Cs.Li.5H/c2*1-8-7-13-11(14-8)10-4-2-9(6-12)3-5-10;1-2-7-13-11(14)10-5-3-9(8-12)4-6-10;1-2-4-5-3-1;1-2;2-1-4-3;;;;;;;;;/h2-5,7H,6,12H2,1H3;2-5,7H,1H3;1,3-6H,7H2,(H,13,14);1-4H2;1H3;1,3H;;;;;;;;;/q;;;;;;;3*+1;;;;2*-1/p-1/i;;;;1D;;;;;;;;;;. The number of hydrogen-bond donors (Lipinski definition) is 2. The first-order valence-electron chi connectivity index (χ1n) is 16.4. The van der Waals surface area contributed by atoms with Crippen LogP contribution >= 0.6 is 0 Å². The number of nitriles is 2. The number of oxazole rings is 2. The Kier molecular flexibility index (Phi) is 42.1. The number of aromatic nitrogens is 2. The molecule has 0 unspecified atom stereocenters. The number of nitrogens with one attached hydrogen (secondary N) is 1. The third-order valence-corrected chi connectivity index (χ3v) is 6.43. The molecule has 0 aliphatic carbocycles. The first kappa shape index (κ1) is 59.9. The maximum Gasteiger partial charge on any atom is 1.00 e. The summed E-state index contributed by atoms with van der Waals surface area (Å²) in [6.45, 7) is 6.31. The van der Waals surface area contributed by atoms with Gasteiger partial charge in [0.2, 0.25) is 11.8 Å². The molecule has 3 aromatic carbocycles. The van der Waals surface area contributed by atoms with Crippen molar-refractivity contribution in [3.8, 4) is 47.4 Å². The number of nitrogens with zero attached hydrogens (tertiary/aromatic N) is 4. The molecule has 1 aliphatic rings. The number of rotatable bonds is 6. The fraction of sp³-hybridized carbons (Fsp3) is 0.231. The van der Waals surface area contributed by atoms with Gasteiger partial charge in [0.15, 0.2) is 17.4 Å². The summed E-state index contributed by atoms with van der Waals surface area (Å²) in [7, 11) is -1.00. The Hall–Kier alpha value is -1.40. The van der Waals surface area contributed by atoms with Crippen LogP contribution in [-0.4, -0.2) is 66.6 Å². The Morgan fingerprint density at radius 1 is 0.947 bits per heavy atom. The molecule has 0 saturated carbocycles. The quantitative estimate of drug-likeness (QED) is 0.0542.